The summed E-state index contributed by atoms with van der Waals surface area (Å²) in [7, 11) is 0. The highest BCUT2D eigenvalue weighted by Crippen LogP contribution is 2.31. The van der Waals surface area contributed by atoms with Crippen molar-refractivity contribution >= 4 is 0 Å². The van der Waals surface area contributed by atoms with Gasteiger partial charge in [0.1, 0.15) is 17.9 Å². The van der Waals surface area contributed by atoms with Gasteiger partial charge in [-0.05, 0) is 13.0 Å². The van der Waals surface area contributed by atoms with E-state index in [0.29, 0.717) is 6.04 Å². The molecule has 0 radical (unpaired) electrons. The Balaban J connectivity index is 1.71. The van der Waals surface area contributed by atoms with Gasteiger partial charge in [0, 0.05) is 24.6 Å². The molecule has 0 aliphatic carbocycles. The van der Waals surface area contributed by atoms with Gasteiger partial charge in [-0.1, -0.05) is 18.2 Å². The maximum Gasteiger partial charge on any atom is 0.140 e. The van der Waals surface area contributed by atoms with Crippen LogP contribution in [0.4, 0.5) is 0 Å². The fourth-order valence-corrected chi connectivity index (χ4v) is 2.46. The molecule has 3 rings (SSSR count). The summed E-state index contributed by atoms with van der Waals surface area (Å²) in [6, 6.07) is 8.53. The van der Waals surface area contributed by atoms with E-state index in [9.17, 15) is 0 Å². The molecule has 0 amide bonds. The number of nitrogens with zero attached hydrogens (tertiary/aromatic N) is 3. The van der Waals surface area contributed by atoms with Crippen LogP contribution in [0.2, 0.25) is 0 Å². The Morgan fingerprint density at radius 3 is 3.21 bits per heavy atom. The Labute approximate surface area is 112 Å². The summed E-state index contributed by atoms with van der Waals surface area (Å²) in [4.78, 5) is 4.29. The number of hydrogen-bond acceptors (Lipinski definition) is 4. The number of aryl methyl sites for hydroxylation is 1. The van der Waals surface area contributed by atoms with Gasteiger partial charge in [-0.25, -0.2) is 9.67 Å². The number of aromatic nitrogens is 3. The second-order valence-corrected chi connectivity index (χ2v) is 4.60. The van der Waals surface area contributed by atoms with E-state index in [-0.39, 0.29) is 0 Å². The average molecular weight is 258 g/mol. The van der Waals surface area contributed by atoms with Crippen LogP contribution in [0.25, 0.3) is 0 Å². The number of nitrogens with one attached hydrogen (secondary N) is 1. The second-order valence-electron chi connectivity index (χ2n) is 4.60. The summed E-state index contributed by atoms with van der Waals surface area (Å²) in [5.41, 5.74) is 1.23. The van der Waals surface area contributed by atoms with Crippen molar-refractivity contribution in [1.82, 2.24) is 20.1 Å². The zero-order valence-corrected chi connectivity index (χ0v) is 11.0. The van der Waals surface area contributed by atoms with Crippen LogP contribution in [-0.4, -0.2) is 21.4 Å². The highest BCUT2D eigenvalue weighted by molar-refractivity contribution is 5.37. The molecular formula is C14H18N4O. The highest BCUT2D eigenvalue weighted by atomic mass is 16.5. The maximum atomic E-state index is 5.66. The molecule has 19 heavy (non-hydrogen) atoms. The van der Waals surface area contributed by atoms with Crippen molar-refractivity contribution in [2.24, 2.45) is 0 Å². The molecule has 0 saturated carbocycles. The Kier molecular flexibility index (Phi) is 3.46. The van der Waals surface area contributed by atoms with Crippen molar-refractivity contribution in [3.05, 3.63) is 42.0 Å². The minimum atomic E-state index is 0.326. The number of fused-ring (bicyclic) bond motifs is 1. The molecule has 1 atom stereocenters. The molecule has 0 saturated heterocycles. The lowest BCUT2D eigenvalue weighted by Crippen LogP contribution is -2.27. The summed E-state index contributed by atoms with van der Waals surface area (Å²) in [5.74, 6) is 1.97. The van der Waals surface area contributed by atoms with Crippen molar-refractivity contribution in [3.8, 4) is 5.75 Å². The number of hydrogen-bond donors (Lipinski definition) is 1. The first-order chi connectivity index (χ1) is 9.38. The molecule has 1 aromatic carbocycles. The summed E-state index contributed by atoms with van der Waals surface area (Å²) in [6.45, 7) is 4.41. The number of rotatable bonds is 4. The molecule has 5 nitrogen and oxygen atoms in total. The molecule has 2 aromatic rings. The SMILES string of the molecule is CCn1ncnc1CNC1CCOc2ccccc21. The van der Waals surface area contributed by atoms with Crippen LogP contribution in [-0.2, 0) is 13.1 Å². The average Bonchev–Trinajstić information content (AvgIpc) is 2.92. The third-order valence-corrected chi connectivity index (χ3v) is 3.46. The molecule has 0 spiro atoms. The monoisotopic (exact) mass is 258 g/mol. The first kappa shape index (κ1) is 12.2. The summed E-state index contributed by atoms with van der Waals surface area (Å²) in [5, 5.41) is 7.74. The first-order valence-corrected chi connectivity index (χ1v) is 6.70. The lowest BCUT2D eigenvalue weighted by atomic mass is 10.0. The quantitative estimate of drug-likeness (QED) is 0.910. The van der Waals surface area contributed by atoms with Crippen LogP contribution in [0, 0.1) is 0 Å². The van der Waals surface area contributed by atoms with Crippen molar-refractivity contribution in [2.75, 3.05) is 6.61 Å². The Bertz CT molecular complexity index is 552. The smallest absolute Gasteiger partial charge is 0.140 e. The van der Waals surface area contributed by atoms with Crippen molar-refractivity contribution < 1.29 is 4.74 Å². The van der Waals surface area contributed by atoms with Crippen LogP contribution >= 0.6 is 0 Å². The lowest BCUT2D eigenvalue weighted by molar-refractivity contribution is 0.251. The molecular weight excluding hydrogens is 240 g/mol. The molecule has 0 bridgehead atoms. The molecule has 1 aliphatic heterocycles. The van der Waals surface area contributed by atoms with Crippen molar-refractivity contribution in [1.29, 1.82) is 0 Å². The highest BCUT2D eigenvalue weighted by Gasteiger charge is 2.20. The molecule has 5 heteroatoms. The van der Waals surface area contributed by atoms with Crippen molar-refractivity contribution in [2.45, 2.75) is 32.5 Å². The summed E-state index contributed by atoms with van der Waals surface area (Å²) < 4.78 is 7.58. The number of para-hydroxylation sites is 1. The van der Waals surface area contributed by atoms with Gasteiger partial charge in [-0.2, -0.15) is 5.10 Å². The molecule has 1 aromatic heterocycles. The fourth-order valence-electron chi connectivity index (χ4n) is 2.46. The zero-order valence-electron chi connectivity index (χ0n) is 11.0. The molecule has 1 unspecified atom stereocenters. The van der Waals surface area contributed by atoms with Gasteiger partial charge >= 0.3 is 0 Å². The standard InChI is InChI=1S/C14H18N4O/c1-2-18-14(16-10-17-18)9-15-12-7-8-19-13-6-4-3-5-11(12)13/h3-6,10,12,15H,2,7-9H2,1H3. The number of ether oxygens (including phenoxy) is 1. The Morgan fingerprint density at radius 2 is 2.32 bits per heavy atom. The second kappa shape index (κ2) is 5.40. The van der Waals surface area contributed by atoms with Crippen LogP contribution in [0.5, 0.6) is 5.75 Å². The van der Waals surface area contributed by atoms with E-state index in [1.54, 1.807) is 6.33 Å². The van der Waals surface area contributed by atoms with Gasteiger partial charge in [-0.3, -0.25) is 0 Å². The predicted octanol–water partition coefficient (Wildman–Crippen LogP) is 1.91. The van der Waals surface area contributed by atoms with Gasteiger partial charge in [0.15, 0.2) is 0 Å². The van der Waals surface area contributed by atoms with Crippen LogP contribution in [0.1, 0.15) is 30.8 Å². The molecule has 100 valence electrons. The van der Waals surface area contributed by atoms with Gasteiger partial charge < -0.3 is 10.1 Å². The summed E-state index contributed by atoms with van der Waals surface area (Å²) in [6.07, 6.45) is 2.59. The third-order valence-electron chi connectivity index (χ3n) is 3.46. The fraction of sp³-hybridized carbons (Fsp3) is 0.429. The van der Waals surface area contributed by atoms with Crippen LogP contribution in [0.15, 0.2) is 30.6 Å². The Morgan fingerprint density at radius 1 is 1.42 bits per heavy atom. The van der Waals surface area contributed by atoms with Gasteiger partial charge in [-0.15, -0.1) is 0 Å². The molecule has 1 N–H and O–H groups in total. The molecule has 1 aliphatic rings. The summed E-state index contributed by atoms with van der Waals surface area (Å²) >= 11 is 0. The normalized spacial score (nSPS) is 17.8. The Hall–Kier alpha value is -1.88. The van der Waals surface area contributed by atoms with E-state index in [1.807, 2.05) is 16.8 Å². The van der Waals surface area contributed by atoms with Crippen LogP contribution < -0.4 is 10.1 Å². The first-order valence-electron chi connectivity index (χ1n) is 6.70. The predicted molar refractivity (Wildman–Crippen MR) is 71.8 cm³/mol. The van der Waals surface area contributed by atoms with E-state index in [4.69, 9.17) is 4.74 Å². The van der Waals surface area contributed by atoms with E-state index < -0.39 is 0 Å². The molecule has 2 heterocycles. The van der Waals surface area contributed by atoms with Gasteiger partial charge in [0.25, 0.3) is 0 Å². The maximum absolute atomic E-state index is 5.66. The van der Waals surface area contributed by atoms with E-state index in [2.05, 4.69) is 34.5 Å². The van der Waals surface area contributed by atoms with E-state index in [0.717, 1.165) is 37.7 Å². The largest absolute Gasteiger partial charge is 0.493 e. The van der Waals surface area contributed by atoms with E-state index in [1.165, 1.54) is 5.56 Å². The van der Waals surface area contributed by atoms with Crippen molar-refractivity contribution in [3.63, 3.8) is 0 Å². The topological polar surface area (TPSA) is 52.0 Å². The van der Waals surface area contributed by atoms with Gasteiger partial charge in [0.05, 0.1) is 13.2 Å². The zero-order chi connectivity index (χ0) is 13.1. The minimum absolute atomic E-state index is 0.326. The third kappa shape index (κ3) is 2.46. The lowest BCUT2D eigenvalue weighted by Gasteiger charge is -2.26. The minimum Gasteiger partial charge on any atom is -0.493 e. The molecule has 0 fully saturated rings. The van der Waals surface area contributed by atoms with Crippen LogP contribution in [0.3, 0.4) is 0 Å². The number of benzene rings is 1. The van der Waals surface area contributed by atoms with E-state index >= 15 is 0 Å². The van der Waals surface area contributed by atoms with Gasteiger partial charge in [0.2, 0.25) is 0 Å².